The van der Waals surface area contributed by atoms with Crippen molar-refractivity contribution in [3.63, 3.8) is 0 Å². The van der Waals surface area contributed by atoms with Crippen LogP contribution in [0.5, 0.6) is 0 Å². The minimum atomic E-state index is 0.735. The molecule has 0 heterocycles. The molecule has 0 nitrogen and oxygen atoms in total. The third kappa shape index (κ3) is 4.60. The summed E-state index contributed by atoms with van der Waals surface area (Å²) in [4.78, 5) is 0. The molecule has 0 heteroatoms. The molecule has 1 atom stereocenters. The molecule has 0 saturated carbocycles. The number of rotatable bonds is 6. The Labute approximate surface area is 65.3 Å². The Morgan fingerprint density at radius 1 is 1.50 bits per heavy atom. The molecule has 2 radical (unpaired) electrons. The summed E-state index contributed by atoms with van der Waals surface area (Å²) >= 11 is 0. The van der Waals surface area contributed by atoms with Gasteiger partial charge in [0.2, 0.25) is 0 Å². The van der Waals surface area contributed by atoms with Gasteiger partial charge in [-0.2, -0.15) is 0 Å². The van der Waals surface area contributed by atoms with Crippen LogP contribution in [0.25, 0.3) is 0 Å². The lowest BCUT2D eigenvalue weighted by Gasteiger charge is -2.09. The molecule has 0 rings (SSSR count). The van der Waals surface area contributed by atoms with E-state index in [0.29, 0.717) is 0 Å². The van der Waals surface area contributed by atoms with Crippen molar-refractivity contribution in [1.29, 1.82) is 0 Å². The Balaban J connectivity index is 3.29. The zero-order valence-electron chi connectivity index (χ0n) is 6.97. The fourth-order valence-electron chi connectivity index (χ4n) is 1.04. The summed E-state index contributed by atoms with van der Waals surface area (Å²) in [6.45, 7) is 9.71. The first-order chi connectivity index (χ1) is 4.85. The molecule has 58 valence electrons. The molecule has 0 aromatic heterocycles. The number of hydrogen-bond acceptors (Lipinski definition) is 0. The maximum Gasteiger partial charge on any atom is -0.0142 e. The van der Waals surface area contributed by atoms with Crippen LogP contribution in [0.2, 0.25) is 0 Å². The maximum atomic E-state index is 3.81. The number of allylic oxidation sites excluding steroid dienone is 1. The molecule has 0 bridgehead atoms. The molecule has 0 aliphatic heterocycles. The van der Waals surface area contributed by atoms with Crippen molar-refractivity contribution in [2.75, 3.05) is 0 Å². The predicted octanol–water partition coefficient (Wildman–Crippen LogP) is 3.41. The highest BCUT2D eigenvalue weighted by atomic mass is 14.1. The standard InChI is InChI=1S/C10H18/c1-4-7-9-10(6-3)8-5-2/h5,8,10H,1-2,4,6-7,9H2,3H3. The molecular formula is C10H18. The molecule has 0 aliphatic carbocycles. The summed E-state index contributed by atoms with van der Waals surface area (Å²) in [6.07, 6.45) is 8.88. The van der Waals surface area contributed by atoms with Crippen LogP contribution in [0.3, 0.4) is 0 Å². The first-order valence-electron chi connectivity index (χ1n) is 4.10. The normalized spacial score (nSPS) is 13.0. The van der Waals surface area contributed by atoms with Crippen LogP contribution in [0.4, 0.5) is 0 Å². The van der Waals surface area contributed by atoms with E-state index in [-0.39, 0.29) is 0 Å². The summed E-state index contributed by atoms with van der Waals surface area (Å²) in [7, 11) is 0. The minimum absolute atomic E-state index is 0.735. The zero-order valence-corrected chi connectivity index (χ0v) is 6.97. The molecule has 10 heavy (non-hydrogen) atoms. The third-order valence-corrected chi connectivity index (χ3v) is 1.76. The van der Waals surface area contributed by atoms with E-state index in [2.05, 4.69) is 26.8 Å². The van der Waals surface area contributed by atoms with Crippen molar-refractivity contribution in [1.82, 2.24) is 0 Å². The average molecular weight is 138 g/mol. The van der Waals surface area contributed by atoms with Gasteiger partial charge in [-0.1, -0.05) is 39.2 Å². The largest absolute Gasteiger partial charge is 0.103 e. The summed E-state index contributed by atoms with van der Waals surface area (Å²) in [5.41, 5.74) is 0. The molecule has 0 N–H and O–H groups in total. The Morgan fingerprint density at radius 3 is 2.60 bits per heavy atom. The van der Waals surface area contributed by atoms with Gasteiger partial charge in [0.25, 0.3) is 0 Å². The Morgan fingerprint density at radius 2 is 2.20 bits per heavy atom. The van der Waals surface area contributed by atoms with Crippen LogP contribution in [0.1, 0.15) is 32.6 Å². The fraction of sp³-hybridized carbons (Fsp3) is 0.600. The van der Waals surface area contributed by atoms with E-state index in [0.717, 1.165) is 12.3 Å². The van der Waals surface area contributed by atoms with Gasteiger partial charge < -0.3 is 0 Å². The Kier molecular flexibility index (Phi) is 6.68. The summed E-state index contributed by atoms with van der Waals surface area (Å²) < 4.78 is 0. The first-order valence-corrected chi connectivity index (χ1v) is 4.10. The van der Waals surface area contributed by atoms with Crippen LogP contribution in [-0.2, 0) is 0 Å². The first kappa shape index (κ1) is 9.74. The van der Waals surface area contributed by atoms with Crippen LogP contribution < -0.4 is 0 Å². The fourth-order valence-corrected chi connectivity index (χ4v) is 1.04. The highest BCUT2D eigenvalue weighted by Gasteiger charge is 2.01. The van der Waals surface area contributed by atoms with Crippen LogP contribution >= 0.6 is 0 Å². The van der Waals surface area contributed by atoms with Gasteiger partial charge in [0.1, 0.15) is 0 Å². The van der Waals surface area contributed by atoms with Gasteiger partial charge in [0.15, 0.2) is 0 Å². The van der Waals surface area contributed by atoms with E-state index in [1.54, 1.807) is 0 Å². The van der Waals surface area contributed by atoms with Gasteiger partial charge in [-0.15, -0.1) is 6.58 Å². The van der Waals surface area contributed by atoms with Gasteiger partial charge in [0.05, 0.1) is 0 Å². The zero-order chi connectivity index (χ0) is 7.82. The molecule has 0 fully saturated rings. The minimum Gasteiger partial charge on any atom is -0.103 e. The second-order valence-corrected chi connectivity index (χ2v) is 2.59. The van der Waals surface area contributed by atoms with Gasteiger partial charge in [-0.25, -0.2) is 0 Å². The van der Waals surface area contributed by atoms with Crippen LogP contribution in [0.15, 0.2) is 12.7 Å². The highest BCUT2D eigenvalue weighted by molar-refractivity contribution is 4.91. The van der Waals surface area contributed by atoms with Crippen LogP contribution in [-0.4, -0.2) is 0 Å². The lowest BCUT2D eigenvalue weighted by molar-refractivity contribution is 0.526. The lowest BCUT2D eigenvalue weighted by atomic mass is 9.96. The van der Waals surface area contributed by atoms with Gasteiger partial charge in [-0.05, 0) is 18.8 Å². The van der Waals surface area contributed by atoms with Crippen molar-refractivity contribution in [3.05, 3.63) is 26.0 Å². The van der Waals surface area contributed by atoms with Crippen molar-refractivity contribution >= 4 is 0 Å². The molecule has 0 amide bonds. The summed E-state index contributed by atoms with van der Waals surface area (Å²) in [5.74, 6) is 0.735. The second kappa shape index (κ2) is 6.85. The molecule has 0 spiro atoms. The van der Waals surface area contributed by atoms with Gasteiger partial charge in [-0.3, -0.25) is 0 Å². The smallest absolute Gasteiger partial charge is 0.0142 e. The van der Waals surface area contributed by atoms with E-state index in [4.69, 9.17) is 0 Å². The van der Waals surface area contributed by atoms with Gasteiger partial charge in [0, 0.05) is 0 Å². The van der Waals surface area contributed by atoms with Crippen molar-refractivity contribution in [2.45, 2.75) is 32.6 Å². The number of unbranched alkanes of at least 4 members (excludes halogenated alkanes) is 1. The molecule has 0 aliphatic rings. The molecule has 0 saturated heterocycles. The highest BCUT2D eigenvalue weighted by Crippen LogP contribution is 2.15. The summed E-state index contributed by atoms with van der Waals surface area (Å²) in [5, 5.41) is 0. The molecule has 0 aromatic rings. The maximum absolute atomic E-state index is 3.81. The molecule has 0 aromatic carbocycles. The third-order valence-electron chi connectivity index (χ3n) is 1.76. The average Bonchev–Trinajstić information content (AvgIpc) is 1.98. The quantitative estimate of drug-likeness (QED) is 0.527. The molecular weight excluding hydrogens is 120 g/mol. The Bertz CT molecular complexity index is 74.1. The topological polar surface area (TPSA) is 0 Å². The summed E-state index contributed by atoms with van der Waals surface area (Å²) in [6, 6.07) is 0. The van der Waals surface area contributed by atoms with Crippen LogP contribution in [0, 0.1) is 19.3 Å². The van der Waals surface area contributed by atoms with Crippen molar-refractivity contribution in [2.24, 2.45) is 5.92 Å². The number of hydrogen-bond donors (Lipinski definition) is 0. The Hall–Kier alpha value is -0.260. The van der Waals surface area contributed by atoms with Crippen molar-refractivity contribution in [3.8, 4) is 0 Å². The second-order valence-electron chi connectivity index (χ2n) is 2.59. The lowest BCUT2D eigenvalue weighted by Crippen LogP contribution is -1.96. The molecule has 1 unspecified atom stereocenters. The van der Waals surface area contributed by atoms with Crippen molar-refractivity contribution < 1.29 is 0 Å². The van der Waals surface area contributed by atoms with E-state index in [1.165, 1.54) is 19.3 Å². The van der Waals surface area contributed by atoms with E-state index in [9.17, 15) is 0 Å². The van der Waals surface area contributed by atoms with E-state index in [1.807, 2.05) is 6.08 Å². The van der Waals surface area contributed by atoms with Gasteiger partial charge >= 0.3 is 0 Å². The predicted molar refractivity (Wildman–Crippen MR) is 47.5 cm³/mol. The van der Waals surface area contributed by atoms with E-state index >= 15 is 0 Å². The van der Waals surface area contributed by atoms with E-state index < -0.39 is 0 Å². The monoisotopic (exact) mass is 138 g/mol. The SMILES string of the molecule is [CH2]CCCC([CH]C=C)CC.